The molecular weight excluding hydrogens is 414 g/mol. The van der Waals surface area contributed by atoms with E-state index in [1.807, 2.05) is 19.1 Å². The lowest BCUT2D eigenvalue weighted by atomic mass is 10.00. The van der Waals surface area contributed by atoms with E-state index in [2.05, 4.69) is 9.88 Å². The maximum absolute atomic E-state index is 13.1. The number of hydrogen-bond acceptors (Lipinski definition) is 6. The lowest BCUT2D eigenvalue weighted by Crippen LogP contribution is -2.50. The van der Waals surface area contributed by atoms with Crippen molar-refractivity contribution in [2.24, 2.45) is 0 Å². The largest absolute Gasteiger partial charge is 0.496 e. The van der Waals surface area contributed by atoms with E-state index in [0.717, 1.165) is 50.1 Å². The van der Waals surface area contributed by atoms with Crippen molar-refractivity contribution in [3.63, 3.8) is 0 Å². The molecule has 1 aromatic carbocycles. The maximum atomic E-state index is 13.1. The van der Waals surface area contributed by atoms with Crippen LogP contribution in [0.3, 0.4) is 0 Å². The number of benzene rings is 1. The first-order chi connectivity index (χ1) is 15.0. The number of piperidine rings is 2. The first-order valence-corrected chi connectivity index (χ1v) is 12.4. The van der Waals surface area contributed by atoms with Crippen LogP contribution < -0.4 is 9.47 Å². The van der Waals surface area contributed by atoms with Crippen molar-refractivity contribution in [3.8, 4) is 11.5 Å². The normalized spacial score (nSPS) is 19.9. The SMILES string of the molecule is COc1ccc(S(=O)(=O)N2CCC(N3CCC(Oc4ccncc4)CC3)CC2)cc1C. The van der Waals surface area contributed by atoms with Crippen molar-refractivity contribution in [2.75, 3.05) is 33.3 Å². The quantitative estimate of drug-likeness (QED) is 0.680. The summed E-state index contributed by atoms with van der Waals surface area (Å²) in [6, 6.07) is 9.30. The molecule has 0 spiro atoms. The minimum atomic E-state index is -3.47. The Labute approximate surface area is 185 Å². The molecular formula is C23H31N3O4S. The van der Waals surface area contributed by atoms with Gasteiger partial charge in [-0.2, -0.15) is 4.31 Å². The van der Waals surface area contributed by atoms with Crippen LogP contribution in [0.2, 0.25) is 0 Å². The van der Waals surface area contributed by atoms with E-state index >= 15 is 0 Å². The van der Waals surface area contributed by atoms with Gasteiger partial charge in [0, 0.05) is 44.6 Å². The Morgan fingerprint density at radius 2 is 1.65 bits per heavy atom. The molecule has 2 aliphatic heterocycles. The van der Waals surface area contributed by atoms with Gasteiger partial charge < -0.3 is 14.4 Å². The Bertz CT molecular complexity index is 968. The van der Waals surface area contributed by atoms with Crippen molar-refractivity contribution in [2.45, 2.75) is 49.6 Å². The van der Waals surface area contributed by atoms with Gasteiger partial charge in [0.25, 0.3) is 0 Å². The number of pyridine rings is 1. The zero-order valence-electron chi connectivity index (χ0n) is 18.2. The van der Waals surface area contributed by atoms with Gasteiger partial charge in [-0.1, -0.05) is 0 Å². The van der Waals surface area contributed by atoms with Crippen LogP contribution in [-0.2, 0) is 10.0 Å². The van der Waals surface area contributed by atoms with Crippen LogP contribution in [0.1, 0.15) is 31.2 Å². The number of likely N-dealkylation sites (tertiary alicyclic amines) is 1. The maximum Gasteiger partial charge on any atom is 0.243 e. The van der Waals surface area contributed by atoms with Crippen molar-refractivity contribution in [3.05, 3.63) is 48.3 Å². The second-order valence-corrected chi connectivity index (χ2v) is 10.2. The number of ether oxygens (including phenoxy) is 2. The minimum Gasteiger partial charge on any atom is -0.496 e. The molecule has 2 aliphatic rings. The molecule has 8 heteroatoms. The molecule has 0 radical (unpaired) electrons. The van der Waals surface area contributed by atoms with Crippen LogP contribution in [0.25, 0.3) is 0 Å². The van der Waals surface area contributed by atoms with Crippen molar-refractivity contribution in [1.82, 2.24) is 14.2 Å². The van der Waals surface area contributed by atoms with E-state index < -0.39 is 10.0 Å². The predicted molar refractivity (Wildman–Crippen MR) is 119 cm³/mol. The molecule has 2 saturated heterocycles. The molecule has 4 rings (SSSR count). The topological polar surface area (TPSA) is 72.0 Å². The van der Waals surface area contributed by atoms with Gasteiger partial charge in [0.1, 0.15) is 17.6 Å². The summed E-state index contributed by atoms with van der Waals surface area (Å²) in [5.74, 6) is 1.58. The van der Waals surface area contributed by atoms with Gasteiger partial charge in [-0.05, 0) is 68.5 Å². The monoisotopic (exact) mass is 445 g/mol. The van der Waals surface area contributed by atoms with Crippen LogP contribution in [0.5, 0.6) is 11.5 Å². The standard InChI is InChI=1S/C23H31N3O4S/c1-18-17-22(3-4-23(18)29-2)31(27,28)26-15-7-19(8-16-26)25-13-9-21(10-14-25)30-20-5-11-24-12-6-20/h3-6,11-12,17,19,21H,7-10,13-16H2,1-2H3. The van der Waals surface area contributed by atoms with Gasteiger partial charge in [-0.25, -0.2) is 8.42 Å². The van der Waals surface area contributed by atoms with Gasteiger partial charge in [-0.3, -0.25) is 4.98 Å². The molecule has 3 heterocycles. The molecule has 0 saturated carbocycles. The van der Waals surface area contributed by atoms with Gasteiger partial charge >= 0.3 is 0 Å². The zero-order valence-corrected chi connectivity index (χ0v) is 19.1. The summed E-state index contributed by atoms with van der Waals surface area (Å²) in [7, 11) is -1.88. The van der Waals surface area contributed by atoms with E-state index in [-0.39, 0.29) is 6.10 Å². The zero-order chi connectivity index (χ0) is 21.8. The number of methoxy groups -OCH3 is 1. The molecule has 7 nitrogen and oxygen atoms in total. The summed E-state index contributed by atoms with van der Waals surface area (Å²) in [4.78, 5) is 6.88. The highest BCUT2D eigenvalue weighted by molar-refractivity contribution is 7.89. The summed E-state index contributed by atoms with van der Waals surface area (Å²) in [5, 5.41) is 0. The third-order valence-corrected chi connectivity index (χ3v) is 8.27. The molecule has 0 unspecified atom stereocenters. The molecule has 31 heavy (non-hydrogen) atoms. The summed E-state index contributed by atoms with van der Waals surface area (Å²) < 4.78 is 39.1. The molecule has 1 aromatic heterocycles. The van der Waals surface area contributed by atoms with Crippen LogP contribution in [-0.4, -0.2) is 68.0 Å². The molecule has 0 amide bonds. The average molecular weight is 446 g/mol. The Balaban J connectivity index is 1.29. The van der Waals surface area contributed by atoms with Crippen molar-refractivity contribution < 1.29 is 17.9 Å². The highest BCUT2D eigenvalue weighted by atomic mass is 32.2. The Morgan fingerprint density at radius 1 is 0.968 bits per heavy atom. The summed E-state index contributed by atoms with van der Waals surface area (Å²) in [6.45, 7) is 4.97. The Hall–Kier alpha value is -2.16. The van der Waals surface area contributed by atoms with E-state index in [1.165, 1.54) is 0 Å². The minimum absolute atomic E-state index is 0.234. The number of aromatic nitrogens is 1. The van der Waals surface area contributed by atoms with Gasteiger partial charge in [0.05, 0.1) is 12.0 Å². The molecule has 2 fully saturated rings. The lowest BCUT2D eigenvalue weighted by Gasteiger charge is -2.41. The fourth-order valence-corrected chi connectivity index (χ4v) is 6.13. The van der Waals surface area contributed by atoms with E-state index in [1.54, 1.807) is 42.0 Å². The molecule has 0 aliphatic carbocycles. The van der Waals surface area contributed by atoms with Gasteiger partial charge in [0.2, 0.25) is 10.0 Å². The first-order valence-electron chi connectivity index (χ1n) is 10.9. The lowest BCUT2D eigenvalue weighted by molar-refractivity contribution is 0.0585. The van der Waals surface area contributed by atoms with Crippen molar-refractivity contribution in [1.29, 1.82) is 0 Å². The molecule has 0 atom stereocenters. The highest BCUT2D eigenvalue weighted by Gasteiger charge is 2.33. The molecule has 2 aromatic rings. The number of hydrogen-bond donors (Lipinski definition) is 0. The molecule has 0 bridgehead atoms. The van der Waals surface area contributed by atoms with Crippen LogP contribution >= 0.6 is 0 Å². The second-order valence-electron chi connectivity index (χ2n) is 8.30. The second kappa shape index (κ2) is 9.54. The molecule has 0 N–H and O–H groups in total. The average Bonchev–Trinajstić information content (AvgIpc) is 2.80. The van der Waals surface area contributed by atoms with Crippen LogP contribution in [0.4, 0.5) is 0 Å². The van der Waals surface area contributed by atoms with Crippen LogP contribution in [0, 0.1) is 6.92 Å². The number of nitrogens with zero attached hydrogens (tertiary/aromatic N) is 3. The van der Waals surface area contributed by atoms with E-state index in [0.29, 0.717) is 29.8 Å². The third-order valence-electron chi connectivity index (χ3n) is 6.37. The molecule has 168 valence electrons. The van der Waals surface area contributed by atoms with E-state index in [9.17, 15) is 8.42 Å². The number of sulfonamides is 1. The number of rotatable bonds is 6. The summed E-state index contributed by atoms with van der Waals surface area (Å²) in [6.07, 6.45) is 7.45. The predicted octanol–water partition coefficient (Wildman–Crippen LogP) is 3.10. The fourth-order valence-electron chi connectivity index (χ4n) is 4.58. The van der Waals surface area contributed by atoms with Gasteiger partial charge in [-0.15, -0.1) is 0 Å². The highest BCUT2D eigenvalue weighted by Crippen LogP contribution is 2.28. The smallest absolute Gasteiger partial charge is 0.243 e. The van der Waals surface area contributed by atoms with Gasteiger partial charge in [0.15, 0.2) is 0 Å². The van der Waals surface area contributed by atoms with E-state index in [4.69, 9.17) is 9.47 Å². The van der Waals surface area contributed by atoms with Crippen LogP contribution in [0.15, 0.2) is 47.6 Å². The first kappa shape index (κ1) is 22.0. The van der Waals surface area contributed by atoms with Crippen molar-refractivity contribution >= 4 is 10.0 Å². The summed E-state index contributed by atoms with van der Waals surface area (Å²) >= 11 is 0. The summed E-state index contributed by atoms with van der Waals surface area (Å²) in [5.41, 5.74) is 0.829. The third kappa shape index (κ3) is 5.02. The fraction of sp³-hybridized carbons (Fsp3) is 0.522. The number of aryl methyl sites for hydroxylation is 1. The Kier molecular flexibility index (Phi) is 6.79. The Morgan fingerprint density at radius 3 is 2.26 bits per heavy atom.